The van der Waals surface area contributed by atoms with Gasteiger partial charge in [-0.1, -0.05) is 23.8 Å². The van der Waals surface area contributed by atoms with E-state index in [4.69, 9.17) is 0 Å². The monoisotopic (exact) mass is 388 g/mol. The third-order valence-electron chi connectivity index (χ3n) is 4.50. The summed E-state index contributed by atoms with van der Waals surface area (Å²) in [6.45, 7) is 10.4. The minimum atomic E-state index is -3.86. The molecule has 0 atom stereocenters. The van der Waals surface area contributed by atoms with Gasteiger partial charge >= 0.3 is 0 Å². The SMILES string of the molecule is CCN(CC)C(=O)CN(c1cc(C)cc(C)c1)S(=O)(=O)c1ccc(C)cc1. The fourth-order valence-corrected chi connectivity index (χ4v) is 4.44. The van der Waals surface area contributed by atoms with Gasteiger partial charge in [0.2, 0.25) is 5.91 Å². The maximum absolute atomic E-state index is 13.4. The van der Waals surface area contributed by atoms with Crippen molar-refractivity contribution in [3.8, 4) is 0 Å². The first-order valence-corrected chi connectivity index (χ1v) is 10.6. The minimum absolute atomic E-state index is 0.180. The number of likely N-dealkylation sites (N-methyl/N-ethyl adjacent to an activating group) is 1. The lowest BCUT2D eigenvalue weighted by molar-refractivity contribution is -0.129. The van der Waals surface area contributed by atoms with Gasteiger partial charge in [0, 0.05) is 13.1 Å². The van der Waals surface area contributed by atoms with Gasteiger partial charge in [-0.3, -0.25) is 9.10 Å². The van der Waals surface area contributed by atoms with E-state index < -0.39 is 10.0 Å². The van der Waals surface area contributed by atoms with Gasteiger partial charge in [-0.15, -0.1) is 0 Å². The minimum Gasteiger partial charge on any atom is -0.342 e. The van der Waals surface area contributed by atoms with E-state index in [1.807, 2.05) is 40.7 Å². The van der Waals surface area contributed by atoms with Crippen LogP contribution >= 0.6 is 0 Å². The average Bonchev–Trinajstić information content (AvgIpc) is 2.60. The molecule has 2 rings (SSSR count). The highest BCUT2D eigenvalue weighted by Gasteiger charge is 2.28. The molecule has 0 heterocycles. The molecule has 0 spiro atoms. The predicted octanol–water partition coefficient (Wildman–Crippen LogP) is 3.68. The van der Waals surface area contributed by atoms with E-state index in [1.165, 1.54) is 4.31 Å². The van der Waals surface area contributed by atoms with Crippen molar-refractivity contribution >= 4 is 21.6 Å². The standard InChI is InChI=1S/C21H28N2O3S/c1-6-22(7-2)21(24)15-23(19-13-17(4)12-18(5)14-19)27(25,26)20-10-8-16(3)9-11-20/h8-14H,6-7,15H2,1-5H3. The molecule has 1 amide bonds. The molecular formula is C21H28N2O3S. The molecule has 0 bridgehead atoms. The molecule has 27 heavy (non-hydrogen) atoms. The number of hydrogen-bond acceptors (Lipinski definition) is 3. The fourth-order valence-electron chi connectivity index (χ4n) is 3.05. The lowest BCUT2D eigenvalue weighted by Crippen LogP contribution is -2.43. The summed E-state index contributed by atoms with van der Waals surface area (Å²) in [4.78, 5) is 14.5. The van der Waals surface area contributed by atoms with Crippen LogP contribution < -0.4 is 4.31 Å². The Morgan fingerprint density at radius 1 is 0.852 bits per heavy atom. The maximum atomic E-state index is 13.4. The first kappa shape index (κ1) is 21.0. The lowest BCUT2D eigenvalue weighted by Gasteiger charge is -2.28. The number of benzene rings is 2. The Hall–Kier alpha value is -2.34. The van der Waals surface area contributed by atoms with Gasteiger partial charge in [-0.2, -0.15) is 0 Å². The van der Waals surface area contributed by atoms with Crippen molar-refractivity contribution in [1.82, 2.24) is 4.90 Å². The van der Waals surface area contributed by atoms with Crippen LogP contribution in [0.2, 0.25) is 0 Å². The van der Waals surface area contributed by atoms with Crippen molar-refractivity contribution in [3.63, 3.8) is 0 Å². The first-order valence-electron chi connectivity index (χ1n) is 9.14. The number of anilines is 1. The number of rotatable bonds is 7. The second kappa shape index (κ2) is 8.57. The Morgan fingerprint density at radius 2 is 1.37 bits per heavy atom. The van der Waals surface area contributed by atoms with E-state index in [0.717, 1.165) is 16.7 Å². The summed E-state index contributed by atoms with van der Waals surface area (Å²) in [6.07, 6.45) is 0. The second-order valence-corrected chi connectivity index (χ2v) is 8.60. The summed E-state index contributed by atoms with van der Waals surface area (Å²) < 4.78 is 27.9. The van der Waals surface area contributed by atoms with Crippen molar-refractivity contribution in [3.05, 3.63) is 59.2 Å². The van der Waals surface area contributed by atoms with Gasteiger partial charge in [0.15, 0.2) is 0 Å². The van der Waals surface area contributed by atoms with Crippen LogP contribution in [0.3, 0.4) is 0 Å². The summed E-state index contributed by atoms with van der Waals surface area (Å²) in [5.41, 5.74) is 3.38. The Balaban J connectivity index is 2.54. The number of carbonyl (C=O) groups excluding carboxylic acids is 1. The van der Waals surface area contributed by atoms with E-state index in [2.05, 4.69) is 0 Å². The van der Waals surface area contributed by atoms with Crippen molar-refractivity contribution in [2.24, 2.45) is 0 Å². The molecule has 0 fully saturated rings. The van der Waals surface area contributed by atoms with Crippen LogP contribution in [0.5, 0.6) is 0 Å². The van der Waals surface area contributed by atoms with Gasteiger partial charge in [0.25, 0.3) is 10.0 Å². The molecule has 0 unspecified atom stereocenters. The van der Waals surface area contributed by atoms with Crippen LogP contribution in [0.1, 0.15) is 30.5 Å². The van der Waals surface area contributed by atoms with E-state index in [-0.39, 0.29) is 17.3 Å². The molecule has 0 N–H and O–H groups in total. The number of amides is 1. The molecule has 146 valence electrons. The van der Waals surface area contributed by atoms with Gasteiger partial charge < -0.3 is 4.90 Å². The smallest absolute Gasteiger partial charge is 0.264 e. The highest BCUT2D eigenvalue weighted by atomic mass is 32.2. The van der Waals surface area contributed by atoms with Gasteiger partial charge in [-0.25, -0.2) is 8.42 Å². The van der Waals surface area contributed by atoms with Gasteiger partial charge in [0.1, 0.15) is 6.54 Å². The predicted molar refractivity (Wildman–Crippen MR) is 110 cm³/mol. The summed E-state index contributed by atoms with van der Waals surface area (Å²) in [7, 11) is -3.86. The normalized spacial score (nSPS) is 11.3. The van der Waals surface area contributed by atoms with Crippen LogP contribution in [0.25, 0.3) is 0 Å². The van der Waals surface area contributed by atoms with Gasteiger partial charge in [-0.05, 0) is 70.0 Å². The molecule has 6 heteroatoms. The van der Waals surface area contributed by atoms with Crippen LogP contribution in [-0.2, 0) is 14.8 Å². The zero-order chi connectivity index (χ0) is 20.2. The molecule has 5 nitrogen and oxygen atoms in total. The number of aryl methyl sites for hydroxylation is 3. The van der Waals surface area contributed by atoms with Crippen molar-refractivity contribution in [1.29, 1.82) is 0 Å². The third-order valence-corrected chi connectivity index (χ3v) is 6.29. The van der Waals surface area contributed by atoms with Crippen molar-refractivity contribution < 1.29 is 13.2 Å². The molecule has 2 aromatic rings. The Kier molecular flexibility index (Phi) is 6.65. The van der Waals surface area contributed by atoms with Crippen molar-refractivity contribution in [2.75, 3.05) is 23.9 Å². The number of hydrogen-bond donors (Lipinski definition) is 0. The zero-order valence-corrected chi connectivity index (χ0v) is 17.5. The molecule has 0 radical (unpaired) electrons. The second-order valence-electron chi connectivity index (χ2n) is 6.74. The Labute approximate surface area is 162 Å². The van der Waals surface area contributed by atoms with E-state index in [1.54, 1.807) is 41.3 Å². The Morgan fingerprint density at radius 3 is 1.85 bits per heavy atom. The highest BCUT2D eigenvalue weighted by Crippen LogP contribution is 2.26. The average molecular weight is 389 g/mol. The molecule has 2 aromatic carbocycles. The maximum Gasteiger partial charge on any atom is 0.264 e. The highest BCUT2D eigenvalue weighted by molar-refractivity contribution is 7.92. The number of carbonyl (C=O) groups is 1. The van der Waals surface area contributed by atoms with E-state index in [9.17, 15) is 13.2 Å². The third kappa shape index (κ3) is 4.89. The summed E-state index contributed by atoms with van der Waals surface area (Å²) in [5.74, 6) is -0.213. The first-order chi connectivity index (χ1) is 12.7. The quantitative estimate of drug-likeness (QED) is 0.727. The fraction of sp³-hybridized carbons (Fsp3) is 0.381. The molecule has 0 aromatic heterocycles. The molecule has 0 saturated heterocycles. The van der Waals surface area contributed by atoms with Gasteiger partial charge in [0.05, 0.1) is 10.6 Å². The van der Waals surface area contributed by atoms with Crippen LogP contribution in [0, 0.1) is 20.8 Å². The van der Waals surface area contributed by atoms with Crippen LogP contribution in [-0.4, -0.2) is 38.9 Å². The summed E-state index contributed by atoms with van der Waals surface area (Å²) in [5, 5.41) is 0. The number of nitrogens with zero attached hydrogens (tertiary/aromatic N) is 2. The van der Waals surface area contributed by atoms with Crippen LogP contribution in [0.15, 0.2) is 47.4 Å². The summed E-state index contributed by atoms with van der Waals surface area (Å²) in [6, 6.07) is 12.3. The molecule has 0 aliphatic carbocycles. The Bertz CT molecular complexity index is 881. The topological polar surface area (TPSA) is 57.7 Å². The molecular weight excluding hydrogens is 360 g/mol. The largest absolute Gasteiger partial charge is 0.342 e. The lowest BCUT2D eigenvalue weighted by atomic mass is 10.1. The van der Waals surface area contributed by atoms with E-state index >= 15 is 0 Å². The number of sulfonamides is 1. The molecule has 0 saturated carbocycles. The van der Waals surface area contributed by atoms with Crippen LogP contribution in [0.4, 0.5) is 5.69 Å². The summed E-state index contributed by atoms with van der Waals surface area (Å²) >= 11 is 0. The molecule has 0 aliphatic rings. The van der Waals surface area contributed by atoms with Crippen molar-refractivity contribution in [2.45, 2.75) is 39.5 Å². The molecule has 0 aliphatic heterocycles. The van der Waals surface area contributed by atoms with E-state index in [0.29, 0.717) is 18.8 Å². The zero-order valence-electron chi connectivity index (χ0n) is 16.7.